The smallest absolute Gasteiger partial charge is 0.316 e. The van der Waals surface area contributed by atoms with Gasteiger partial charge in [-0.25, -0.2) is 0 Å². The van der Waals surface area contributed by atoms with E-state index in [9.17, 15) is 24.3 Å². The second kappa shape index (κ2) is 14.3. The Bertz CT molecular complexity index is 1700. The summed E-state index contributed by atoms with van der Waals surface area (Å²) >= 11 is 1.06. The van der Waals surface area contributed by atoms with Crippen LogP contribution in [-0.2, 0) is 14.3 Å². The number of thiophene rings is 1. The minimum Gasteiger partial charge on any atom is -0.408 e. The van der Waals surface area contributed by atoms with E-state index in [4.69, 9.17) is 4.74 Å². The molecule has 4 aromatic rings. The monoisotopic (exact) mass is 654 g/mol. The third-order valence-electron chi connectivity index (χ3n) is 7.95. The number of rotatable bonds is 12. The topological polar surface area (TPSA) is 113 Å². The summed E-state index contributed by atoms with van der Waals surface area (Å²) < 4.78 is 6.31. The van der Waals surface area contributed by atoms with Gasteiger partial charge in [-0.1, -0.05) is 97.1 Å². The van der Waals surface area contributed by atoms with Gasteiger partial charge in [0, 0.05) is 20.4 Å². The highest BCUT2D eigenvalue weighted by Gasteiger charge is 2.55. The largest absolute Gasteiger partial charge is 0.408 e. The van der Waals surface area contributed by atoms with Crippen molar-refractivity contribution in [1.82, 2.24) is 10.2 Å². The predicted molar refractivity (Wildman–Crippen MR) is 184 cm³/mol. The first kappa shape index (κ1) is 32.8. The average Bonchev–Trinajstić information content (AvgIpc) is 3.57. The van der Waals surface area contributed by atoms with Gasteiger partial charge in [0.15, 0.2) is 5.78 Å². The molecule has 10 heteroatoms. The number of ether oxygens (including phenoxy) is 1. The predicted octanol–water partition coefficient (Wildman–Crippen LogP) is 4.09. The molecule has 2 N–H and O–H groups in total. The number of nitrogens with one attached hydrogen (secondary N) is 1. The van der Waals surface area contributed by atoms with Crippen LogP contribution in [0.3, 0.4) is 0 Å². The third-order valence-corrected chi connectivity index (χ3v) is 13.2. The number of hydrogen-bond acceptors (Lipinski definition) is 7. The number of likely N-dealkylation sites (tertiary alicyclic amines) is 1. The number of carbonyl (C=O) groups excluding carboxylic acids is 4. The van der Waals surface area contributed by atoms with Crippen molar-refractivity contribution < 1.29 is 29.0 Å². The highest BCUT2D eigenvalue weighted by Crippen LogP contribution is 2.50. The van der Waals surface area contributed by atoms with Crippen LogP contribution < -0.4 is 21.2 Å². The van der Waals surface area contributed by atoms with Gasteiger partial charge in [0.1, 0.15) is 0 Å². The number of aliphatic hydroxyl groups is 1. The van der Waals surface area contributed by atoms with E-state index < -0.39 is 36.8 Å². The number of carbonyl (C=O) groups is 4. The van der Waals surface area contributed by atoms with E-state index in [2.05, 4.69) is 11.9 Å². The van der Waals surface area contributed by atoms with Crippen LogP contribution in [0.4, 0.5) is 0 Å². The Balaban J connectivity index is 1.80. The number of benzene rings is 3. The lowest BCUT2D eigenvalue weighted by Crippen LogP contribution is -2.67. The summed E-state index contributed by atoms with van der Waals surface area (Å²) in [7, 11) is 1.52. The summed E-state index contributed by atoms with van der Waals surface area (Å²) in [6.45, 7) is 2.09. The SMILES string of the molecule is C=CCC(=O)OC(N1C(=O)C(C(C)O)C1CC(=O)c1ccc(C(=O)NC)s1)=P(c1ccccc1)(c1ccccc1)c1ccccc1. The molecular weight excluding hydrogens is 619 g/mol. The van der Waals surface area contributed by atoms with Crippen molar-refractivity contribution in [2.75, 3.05) is 7.05 Å². The lowest BCUT2D eigenvalue weighted by Gasteiger charge is -2.50. The number of Topliss-reactive ketones (excluding diaryl/α,β-unsaturated/α-hetero) is 1. The van der Waals surface area contributed by atoms with Crippen molar-refractivity contribution in [2.24, 2.45) is 5.92 Å². The maximum absolute atomic E-state index is 14.2. The molecule has 3 aromatic carbocycles. The fraction of sp³-hybridized carbons (Fsp3) is 0.194. The fourth-order valence-electron chi connectivity index (χ4n) is 5.85. The lowest BCUT2D eigenvalue weighted by molar-refractivity contribution is -0.157. The van der Waals surface area contributed by atoms with Crippen LogP contribution >= 0.6 is 18.2 Å². The molecule has 0 bridgehead atoms. The molecule has 1 fully saturated rings. The molecule has 2 heterocycles. The van der Waals surface area contributed by atoms with Gasteiger partial charge >= 0.3 is 5.97 Å². The number of ketones is 1. The van der Waals surface area contributed by atoms with E-state index in [1.807, 2.05) is 91.0 Å². The van der Waals surface area contributed by atoms with Crippen LogP contribution in [0.1, 0.15) is 39.1 Å². The molecule has 1 aliphatic rings. The second-order valence-corrected chi connectivity index (χ2v) is 15.2. The summed E-state index contributed by atoms with van der Waals surface area (Å²) in [5.74, 6) is -2.57. The Kier molecular flexibility index (Phi) is 10.2. The number of β-lactam (4-membered cyclic amide) rings is 1. The first-order valence-corrected chi connectivity index (χ1v) is 17.5. The Morgan fingerprint density at radius 2 is 1.41 bits per heavy atom. The molecule has 1 aromatic heterocycles. The van der Waals surface area contributed by atoms with E-state index in [1.54, 1.807) is 12.1 Å². The Labute approximate surface area is 272 Å². The number of esters is 1. The van der Waals surface area contributed by atoms with Crippen molar-refractivity contribution in [1.29, 1.82) is 0 Å². The van der Waals surface area contributed by atoms with Gasteiger partial charge in [-0.05, 0) is 35.0 Å². The van der Waals surface area contributed by atoms with E-state index in [0.29, 0.717) is 9.75 Å². The van der Waals surface area contributed by atoms with Gasteiger partial charge in [-0.15, -0.1) is 17.9 Å². The lowest BCUT2D eigenvalue weighted by atomic mass is 9.81. The second-order valence-electron chi connectivity index (χ2n) is 10.8. The van der Waals surface area contributed by atoms with Gasteiger partial charge in [0.2, 0.25) is 11.5 Å². The molecule has 236 valence electrons. The molecule has 0 aliphatic carbocycles. The van der Waals surface area contributed by atoms with Crippen molar-refractivity contribution in [3.63, 3.8) is 0 Å². The number of hydrogen-bond donors (Lipinski definition) is 2. The number of aliphatic hydroxyl groups excluding tert-OH is 1. The van der Waals surface area contributed by atoms with Gasteiger partial charge < -0.3 is 15.2 Å². The molecule has 8 nitrogen and oxygen atoms in total. The Morgan fingerprint density at radius 3 is 1.87 bits per heavy atom. The average molecular weight is 655 g/mol. The normalized spacial score (nSPS) is 16.6. The first-order chi connectivity index (χ1) is 22.2. The van der Waals surface area contributed by atoms with Gasteiger partial charge in [-0.2, -0.15) is 0 Å². The summed E-state index contributed by atoms with van der Waals surface area (Å²) in [5.41, 5.74) is 0.125. The Hall–Kier alpha value is -4.56. The fourth-order valence-corrected chi connectivity index (χ4v) is 11.0. The quantitative estimate of drug-likeness (QED) is 0.0783. The van der Waals surface area contributed by atoms with E-state index in [1.165, 1.54) is 24.9 Å². The van der Waals surface area contributed by atoms with Crippen LogP contribution in [-0.4, -0.2) is 58.4 Å². The van der Waals surface area contributed by atoms with Crippen molar-refractivity contribution in [3.05, 3.63) is 126 Å². The molecular formula is C36H35N2O6PS. The maximum atomic E-state index is 14.2. The highest BCUT2D eigenvalue weighted by atomic mass is 32.1. The molecule has 0 saturated carbocycles. The van der Waals surface area contributed by atoms with Crippen molar-refractivity contribution in [2.45, 2.75) is 31.9 Å². The number of amides is 2. The standard InChI is InChI=1S/C36H35N2O6PS/c1-4-14-32(41)44-36(38-28(33(24(2)39)35(38)43)23-29(40)30-21-22-31(46-30)34(42)37-3)45(25-15-8-5-9-16-25,26-17-10-6-11-18-26)27-19-12-7-13-20-27/h4-13,15-22,24,28,33,39H,1,14,23H2,2-3H3,(H,37,42). The van der Waals surface area contributed by atoms with Crippen LogP contribution in [0, 0.1) is 5.92 Å². The highest BCUT2D eigenvalue weighted by molar-refractivity contribution is 7.95. The molecule has 3 atom stereocenters. The first-order valence-electron chi connectivity index (χ1n) is 14.8. The molecule has 0 spiro atoms. The van der Waals surface area contributed by atoms with E-state index in [-0.39, 0.29) is 30.1 Å². The van der Waals surface area contributed by atoms with E-state index >= 15 is 0 Å². The minimum absolute atomic E-state index is 0.106. The summed E-state index contributed by atoms with van der Waals surface area (Å²) in [6, 6.07) is 31.2. The maximum Gasteiger partial charge on any atom is 0.316 e. The van der Waals surface area contributed by atoms with Gasteiger partial charge in [0.05, 0.1) is 34.2 Å². The van der Waals surface area contributed by atoms with Gasteiger partial charge in [0.25, 0.3) is 5.91 Å². The summed E-state index contributed by atoms with van der Waals surface area (Å²) in [4.78, 5) is 55.7. The minimum atomic E-state index is -3.12. The molecule has 5 rings (SSSR count). The van der Waals surface area contributed by atoms with E-state index in [0.717, 1.165) is 27.3 Å². The van der Waals surface area contributed by atoms with Crippen LogP contribution in [0.25, 0.3) is 0 Å². The van der Waals surface area contributed by atoms with Crippen LogP contribution in [0.2, 0.25) is 0 Å². The molecule has 1 aliphatic heterocycles. The van der Waals surface area contributed by atoms with Crippen LogP contribution in [0.15, 0.2) is 116 Å². The third kappa shape index (κ3) is 6.14. The zero-order valence-corrected chi connectivity index (χ0v) is 27.2. The molecule has 1 saturated heterocycles. The van der Waals surface area contributed by atoms with Crippen molar-refractivity contribution in [3.8, 4) is 0 Å². The molecule has 3 unspecified atom stereocenters. The van der Waals surface area contributed by atoms with Crippen molar-refractivity contribution >= 4 is 63.3 Å². The zero-order chi connectivity index (χ0) is 32.8. The molecule has 0 radical (unpaired) electrons. The molecule has 46 heavy (non-hydrogen) atoms. The van der Waals surface area contributed by atoms with Crippen LogP contribution in [0.5, 0.6) is 0 Å². The molecule has 2 amide bonds. The van der Waals surface area contributed by atoms with Gasteiger partial charge in [-0.3, -0.25) is 24.1 Å². The Morgan fingerprint density at radius 1 is 0.913 bits per heavy atom. The summed E-state index contributed by atoms with van der Waals surface area (Å²) in [5, 5.41) is 15.9. The zero-order valence-electron chi connectivity index (χ0n) is 25.5. The number of nitrogens with zero attached hydrogens (tertiary/aromatic N) is 1. The summed E-state index contributed by atoms with van der Waals surface area (Å²) in [6.07, 6.45) is 0.0986.